The average Bonchev–Trinajstić information content (AvgIpc) is 3.45. The number of nitriles is 1. The summed E-state index contributed by atoms with van der Waals surface area (Å²) in [6.45, 7) is 1.28. The Morgan fingerprint density at radius 3 is 2.87 bits per heavy atom. The number of fused-ring (bicyclic) bond motifs is 1. The number of methoxy groups -OCH3 is 1. The lowest BCUT2D eigenvalue weighted by Crippen LogP contribution is -2.44. The number of likely N-dealkylation sites (tertiary alicyclic amines) is 1. The third kappa shape index (κ3) is 3.97. The smallest absolute Gasteiger partial charge is 0.409 e. The maximum Gasteiger partial charge on any atom is 0.409 e. The summed E-state index contributed by atoms with van der Waals surface area (Å²) < 4.78 is 5.63. The number of imidazole rings is 1. The molecular weight excluding hydrogens is 404 g/mol. The molecule has 0 atom stereocenters. The maximum absolute atomic E-state index is 13.4. The van der Waals surface area contributed by atoms with Crippen LogP contribution in [-0.2, 0) is 16.1 Å². The number of benzene rings is 1. The molecule has 1 fully saturated rings. The highest BCUT2D eigenvalue weighted by molar-refractivity contribution is 7.22. The Morgan fingerprint density at radius 2 is 2.20 bits per heavy atom. The second-order valence-corrected chi connectivity index (χ2v) is 8.03. The number of anilines is 1. The van der Waals surface area contributed by atoms with Gasteiger partial charge in [0.1, 0.15) is 0 Å². The first-order valence-corrected chi connectivity index (χ1v) is 10.3. The molecule has 1 aliphatic rings. The van der Waals surface area contributed by atoms with E-state index in [1.165, 1.54) is 18.4 Å². The molecule has 1 aromatic carbocycles. The van der Waals surface area contributed by atoms with Crippen LogP contribution in [0.5, 0.6) is 0 Å². The first-order valence-electron chi connectivity index (χ1n) is 9.51. The van der Waals surface area contributed by atoms with Gasteiger partial charge in [-0.1, -0.05) is 11.3 Å². The van der Waals surface area contributed by atoms with Crippen molar-refractivity contribution in [3.05, 3.63) is 42.0 Å². The third-order valence-electron chi connectivity index (χ3n) is 5.16. The molecule has 1 saturated heterocycles. The molecule has 10 heteroatoms. The van der Waals surface area contributed by atoms with Gasteiger partial charge in [-0.05, 0) is 31.0 Å². The summed E-state index contributed by atoms with van der Waals surface area (Å²) >= 11 is 1.38. The lowest BCUT2D eigenvalue weighted by molar-refractivity contribution is -0.123. The lowest BCUT2D eigenvalue weighted by Gasteiger charge is -2.32. The number of piperidine rings is 1. The van der Waals surface area contributed by atoms with Gasteiger partial charge in [0.15, 0.2) is 5.13 Å². The monoisotopic (exact) mass is 424 g/mol. The largest absolute Gasteiger partial charge is 0.453 e. The van der Waals surface area contributed by atoms with Crippen molar-refractivity contribution in [2.24, 2.45) is 5.92 Å². The molecule has 0 saturated carbocycles. The summed E-state index contributed by atoms with van der Waals surface area (Å²) in [6.07, 6.45) is 4.02. The van der Waals surface area contributed by atoms with Gasteiger partial charge in [0, 0.05) is 25.2 Å². The number of nitrogens with one attached hydrogen (secondary N) is 1. The summed E-state index contributed by atoms with van der Waals surface area (Å²) in [5.74, 6) is -0.246. The van der Waals surface area contributed by atoms with E-state index in [1.807, 2.05) is 0 Å². The number of carbonyl (C=O) groups is 2. The topological polar surface area (TPSA) is 115 Å². The molecule has 0 aliphatic carbocycles. The van der Waals surface area contributed by atoms with E-state index in [0.29, 0.717) is 43.2 Å². The van der Waals surface area contributed by atoms with Crippen LogP contribution < -0.4 is 4.90 Å². The number of ether oxygens (including phenoxy) is 1. The first-order chi connectivity index (χ1) is 14.6. The van der Waals surface area contributed by atoms with E-state index in [-0.39, 0.29) is 17.9 Å². The van der Waals surface area contributed by atoms with Gasteiger partial charge >= 0.3 is 6.09 Å². The number of hydrogen-bond acceptors (Lipinski definition) is 7. The highest BCUT2D eigenvalue weighted by atomic mass is 32.1. The Hall–Kier alpha value is -3.45. The molecule has 154 valence electrons. The van der Waals surface area contributed by atoms with Crippen molar-refractivity contribution in [2.45, 2.75) is 19.4 Å². The van der Waals surface area contributed by atoms with E-state index in [4.69, 9.17) is 10.00 Å². The van der Waals surface area contributed by atoms with Crippen LogP contribution in [0, 0.1) is 17.2 Å². The summed E-state index contributed by atoms with van der Waals surface area (Å²) in [5, 5.41) is 9.72. The molecule has 9 nitrogen and oxygen atoms in total. The summed E-state index contributed by atoms with van der Waals surface area (Å²) in [5.41, 5.74) is 2.10. The fourth-order valence-corrected chi connectivity index (χ4v) is 4.55. The zero-order chi connectivity index (χ0) is 21.1. The molecule has 1 N–H and O–H groups in total. The van der Waals surface area contributed by atoms with Gasteiger partial charge in [-0.2, -0.15) is 5.26 Å². The predicted octanol–water partition coefficient (Wildman–Crippen LogP) is 2.90. The second-order valence-electron chi connectivity index (χ2n) is 7.02. The second kappa shape index (κ2) is 8.51. The molecular formula is C20H20N6O3S. The zero-order valence-electron chi connectivity index (χ0n) is 16.4. The normalized spacial score (nSPS) is 14.5. The Kier molecular flexibility index (Phi) is 5.63. The molecule has 30 heavy (non-hydrogen) atoms. The average molecular weight is 424 g/mol. The molecule has 0 bridgehead atoms. The maximum atomic E-state index is 13.4. The number of hydrogen-bond donors (Lipinski definition) is 1. The number of nitrogens with zero attached hydrogens (tertiary/aromatic N) is 5. The van der Waals surface area contributed by atoms with Crippen LogP contribution in [0.4, 0.5) is 9.93 Å². The van der Waals surface area contributed by atoms with Crippen molar-refractivity contribution >= 4 is 38.7 Å². The number of amides is 2. The van der Waals surface area contributed by atoms with Crippen molar-refractivity contribution in [3.8, 4) is 6.07 Å². The molecule has 0 spiro atoms. The van der Waals surface area contributed by atoms with Crippen LogP contribution >= 0.6 is 11.3 Å². The molecule has 2 amide bonds. The molecule has 0 radical (unpaired) electrons. The number of aromatic amines is 1. The van der Waals surface area contributed by atoms with E-state index in [1.54, 1.807) is 40.5 Å². The van der Waals surface area contributed by atoms with Crippen molar-refractivity contribution < 1.29 is 14.3 Å². The minimum Gasteiger partial charge on any atom is -0.453 e. The first kappa shape index (κ1) is 19.8. The number of rotatable bonds is 4. The summed E-state index contributed by atoms with van der Waals surface area (Å²) in [4.78, 5) is 40.2. The zero-order valence-corrected chi connectivity index (χ0v) is 17.2. The van der Waals surface area contributed by atoms with Gasteiger partial charge in [-0.25, -0.2) is 14.8 Å². The van der Waals surface area contributed by atoms with E-state index < -0.39 is 0 Å². The van der Waals surface area contributed by atoms with E-state index >= 15 is 0 Å². The van der Waals surface area contributed by atoms with Gasteiger partial charge in [0.2, 0.25) is 5.91 Å². The highest BCUT2D eigenvalue weighted by Crippen LogP contribution is 2.32. The highest BCUT2D eigenvalue weighted by Gasteiger charge is 2.32. The van der Waals surface area contributed by atoms with Crippen LogP contribution in [0.15, 0.2) is 30.7 Å². The van der Waals surface area contributed by atoms with Gasteiger partial charge in [0.25, 0.3) is 0 Å². The summed E-state index contributed by atoms with van der Waals surface area (Å²) in [7, 11) is 1.36. The minimum atomic E-state index is -0.366. The Balaban J connectivity index is 1.59. The SMILES string of the molecule is COC(=O)N1CCC(C(=O)N(Cc2cnc[nH]2)c2nc3ccc(C#N)cc3s2)CC1. The van der Waals surface area contributed by atoms with E-state index in [0.717, 1.165) is 15.9 Å². The summed E-state index contributed by atoms with van der Waals surface area (Å²) in [6, 6.07) is 7.42. The molecule has 1 aliphatic heterocycles. The molecule has 3 heterocycles. The number of aromatic nitrogens is 3. The van der Waals surface area contributed by atoms with Gasteiger partial charge in [-0.3, -0.25) is 9.69 Å². The van der Waals surface area contributed by atoms with E-state index in [2.05, 4.69) is 21.0 Å². The van der Waals surface area contributed by atoms with Crippen LogP contribution in [0.1, 0.15) is 24.1 Å². The van der Waals surface area contributed by atoms with Crippen LogP contribution in [-0.4, -0.2) is 52.1 Å². The number of carbonyl (C=O) groups excluding carboxylic acids is 2. The fourth-order valence-electron chi connectivity index (χ4n) is 3.54. The van der Waals surface area contributed by atoms with Gasteiger partial charge in [-0.15, -0.1) is 0 Å². The van der Waals surface area contributed by atoms with Gasteiger partial charge < -0.3 is 14.6 Å². The molecule has 0 unspecified atom stereocenters. The number of thiazole rings is 1. The molecule has 3 aromatic rings. The quantitative estimate of drug-likeness (QED) is 0.689. The number of H-pyrrole nitrogens is 1. The van der Waals surface area contributed by atoms with Crippen LogP contribution in [0.25, 0.3) is 10.2 Å². The van der Waals surface area contributed by atoms with Crippen LogP contribution in [0.2, 0.25) is 0 Å². The van der Waals surface area contributed by atoms with Crippen molar-refractivity contribution in [1.29, 1.82) is 5.26 Å². The Morgan fingerprint density at radius 1 is 1.40 bits per heavy atom. The predicted molar refractivity (Wildman–Crippen MR) is 111 cm³/mol. The van der Waals surface area contributed by atoms with Crippen molar-refractivity contribution in [3.63, 3.8) is 0 Å². The Bertz CT molecular complexity index is 1100. The minimum absolute atomic E-state index is 0.0336. The van der Waals surface area contributed by atoms with Gasteiger partial charge in [0.05, 0.1) is 47.5 Å². The lowest BCUT2D eigenvalue weighted by atomic mass is 9.95. The van der Waals surface area contributed by atoms with E-state index in [9.17, 15) is 9.59 Å². The molecule has 4 rings (SSSR count). The standard InChI is InChI=1S/C20H20N6O3S/c1-29-20(28)25-6-4-14(5-7-25)18(27)26(11-15-10-22-12-23-15)19-24-16-3-2-13(9-21)8-17(16)30-19/h2-3,8,10,12,14H,4-7,11H2,1H3,(H,22,23). The molecule has 2 aromatic heterocycles. The third-order valence-corrected chi connectivity index (χ3v) is 6.20. The van der Waals surface area contributed by atoms with Crippen molar-refractivity contribution in [2.75, 3.05) is 25.1 Å². The van der Waals surface area contributed by atoms with Crippen LogP contribution in [0.3, 0.4) is 0 Å². The van der Waals surface area contributed by atoms with Crippen molar-refractivity contribution in [1.82, 2.24) is 19.9 Å². The Labute approximate surface area is 176 Å². The fraction of sp³-hybridized carbons (Fsp3) is 0.350.